The van der Waals surface area contributed by atoms with E-state index in [-0.39, 0.29) is 10.9 Å². The van der Waals surface area contributed by atoms with E-state index < -0.39 is 10.0 Å². The minimum absolute atomic E-state index is 0.0843. The number of nitrogens with two attached hydrogens (primary N) is 1. The van der Waals surface area contributed by atoms with E-state index in [1.54, 1.807) is 16.4 Å². The van der Waals surface area contributed by atoms with Crippen molar-refractivity contribution < 1.29 is 13.2 Å². The highest BCUT2D eigenvalue weighted by molar-refractivity contribution is 7.89. The van der Waals surface area contributed by atoms with Crippen LogP contribution in [0.15, 0.2) is 23.1 Å². The molecule has 21 heavy (non-hydrogen) atoms. The fourth-order valence-corrected chi connectivity index (χ4v) is 4.65. The molecule has 1 unspecified atom stereocenters. The van der Waals surface area contributed by atoms with Crippen molar-refractivity contribution in [3.8, 4) is 5.75 Å². The Morgan fingerprint density at radius 3 is 2.76 bits per heavy atom. The van der Waals surface area contributed by atoms with Crippen LogP contribution < -0.4 is 10.5 Å². The third kappa shape index (κ3) is 3.32. The zero-order valence-corrected chi connectivity index (χ0v) is 13.5. The first-order valence-electron chi connectivity index (χ1n) is 7.46. The summed E-state index contributed by atoms with van der Waals surface area (Å²) in [6.07, 6.45) is 4.87. The SMILES string of the molecule is CCC1CCCCCN1S(=O)(=O)c1ccc(N)c(OC)c1. The van der Waals surface area contributed by atoms with Crippen molar-refractivity contribution in [1.29, 1.82) is 0 Å². The average Bonchev–Trinajstić information content (AvgIpc) is 2.73. The number of ether oxygens (including phenoxy) is 1. The topological polar surface area (TPSA) is 72.6 Å². The molecular formula is C15H24N2O3S. The normalized spacial score (nSPS) is 21.0. The Kier molecular flexibility index (Phi) is 5.11. The molecule has 0 saturated carbocycles. The van der Waals surface area contributed by atoms with Gasteiger partial charge in [0.1, 0.15) is 5.75 Å². The second kappa shape index (κ2) is 6.66. The Bertz CT molecular complexity index is 587. The van der Waals surface area contributed by atoms with Crippen molar-refractivity contribution in [2.45, 2.75) is 50.0 Å². The molecule has 2 N–H and O–H groups in total. The van der Waals surface area contributed by atoms with E-state index in [1.807, 2.05) is 6.92 Å². The van der Waals surface area contributed by atoms with Gasteiger partial charge >= 0.3 is 0 Å². The van der Waals surface area contributed by atoms with Gasteiger partial charge in [-0.25, -0.2) is 8.42 Å². The van der Waals surface area contributed by atoms with Gasteiger partial charge < -0.3 is 10.5 Å². The van der Waals surface area contributed by atoms with Crippen LogP contribution in [0.5, 0.6) is 5.75 Å². The Hall–Kier alpha value is -1.27. The van der Waals surface area contributed by atoms with Crippen LogP contribution in [0.1, 0.15) is 39.0 Å². The molecule has 2 rings (SSSR count). The largest absolute Gasteiger partial charge is 0.495 e. The van der Waals surface area contributed by atoms with Gasteiger partial charge in [-0.15, -0.1) is 0 Å². The molecule has 1 aliphatic heterocycles. The van der Waals surface area contributed by atoms with Crippen LogP contribution in [0.2, 0.25) is 0 Å². The van der Waals surface area contributed by atoms with E-state index in [0.29, 0.717) is 18.0 Å². The van der Waals surface area contributed by atoms with Crippen molar-refractivity contribution in [3.05, 3.63) is 18.2 Å². The number of methoxy groups -OCH3 is 1. The van der Waals surface area contributed by atoms with E-state index >= 15 is 0 Å². The second-order valence-corrected chi connectivity index (χ2v) is 7.32. The molecule has 0 aromatic heterocycles. The van der Waals surface area contributed by atoms with Crippen LogP contribution in [0.3, 0.4) is 0 Å². The molecule has 0 spiro atoms. The van der Waals surface area contributed by atoms with Crippen molar-refractivity contribution in [1.82, 2.24) is 4.31 Å². The maximum absolute atomic E-state index is 12.9. The fourth-order valence-electron chi connectivity index (χ4n) is 2.86. The van der Waals surface area contributed by atoms with Crippen molar-refractivity contribution >= 4 is 15.7 Å². The van der Waals surface area contributed by atoms with Gasteiger partial charge in [0.15, 0.2) is 0 Å². The average molecular weight is 312 g/mol. The fraction of sp³-hybridized carbons (Fsp3) is 0.600. The van der Waals surface area contributed by atoms with Gasteiger partial charge in [-0.05, 0) is 31.4 Å². The maximum Gasteiger partial charge on any atom is 0.243 e. The number of hydrogen-bond donors (Lipinski definition) is 1. The summed E-state index contributed by atoms with van der Waals surface area (Å²) >= 11 is 0. The highest BCUT2D eigenvalue weighted by Crippen LogP contribution is 2.30. The van der Waals surface area contributed by atoms with Gasteiger partial charge in [0.2, 0.25) is 10.0 Å². The van der Waals surface area contributed by atoms with E-state index in [2.05, 4.69) is 0 Å². The number of anilines is 1. The summed E-state index contributed by atoms with van der Waals surface area (Å²) in [7, 11) is -2.01. The van der Waals surface area contributed by atoms with Crippen molar-refractivity contribution in [2.24, 2.45) is 0 Å². The zero-order valence-electron chi connectivity index (χ0n) is 12.7. The van der Waals surface area contributed by atoms with Crippen LogP contribution >= 0.6 is 0 Å². The van der Waals surface area contributed by atoms with E-state index in [1.165, 1.54) is 13.2 Å². The highest BCUT2D eigenvalue weighted by atomic mass is 32.2. The lowest BCUT2D eigenvalue weighted by Crippen LogP contribution is -2.39. The summed E-state index contributed by atoms with van der Waals surface area (Å²) in [5.41, 5.74) is 6.21. The standard InChI is InChI=1S/C15H24N2O3S/c1-3-12-7-5-4-6-10-17(12)21(18,19)13-8-9-14(16)15(11-13)20-2/h8-9,11-12H,3-7,10,16H2,1-2H3. The second-order valence-electron chi connectivity index (χ2n) is 5.43. The number of sulfonamides is 1. The maximum atomic E-state index is 12.9. The number of nitrogens with zero attached hydrogens (tertiary/aromatic N) is 1. The van der Waals surface area contributed by atoms with E-state index in [9.17, 15) is 8.42 Å². The molecule has 0 aliphatic carbocycles. The molecule has 0 amide bonds. The van der Waals surface area contributed by atoms with E-state index in [4.69, 9.17) is 10.5 Å². The molecule has 118 valence electrons. The molecular weight excluding hydrogens is 288 g/mol. The molecule has 0 radical (unpaired) electrons. The summed E-state index contributed by atoms with van der Waals surface area (Å²) in [6, 6.07) is 4.75. The molecule has 5 nitrogen and oxygen atoms in total. The number of hydrogen-bond acceptors (Lipinski definition) is 4. The number of benzene rings is 1. The lowest BCUT2D eigenvalue weighted by atomic mass is 10.1. The molecule has 1 saturated heterocycles. The van der Waals surface area contributed by atoms with Crippen LogP contribution in [0, 0.1) is 0 Å². The first kappa shape index (κ1) is 16.1. The van der Waals surface area contributed by atoms with Gasteiger partial charge in [0.05, 0.1) is 17.7 Å². The number of rotatable bonds is 4. The monoisotopic (exact) mass is 312 g/mol. The molecule has 1 atom stereocenters. The van der Waals surface area contributed by atoms with Gasteiger partial charge in [0.25, 0.3) is 0 Å². The Morgan fingerprint density at radius 2 is 2.10 bits per heavy atom. The van der Waals surface area contributed by atoms with Crippen LogP contribution in [-0.4, -0.2) is 32.4 Å². The zero-order chi connectivity index (χ0) is 15.5. The Morgan fingerprint density at radius 1 is 1.33 bits per heavy atom. The Labute approximate surface area is 127 Å². The van der Waals surface area contributed by atoms with Crippen LogP contribution in [0.25, 0.3) is 0 Å². The quantitative estimate of drug-likeness (QED) is 0.867. The van der Waals surface area contributed by atoms with Gasteiger partial charge in [0, 0.05) is 18.7 Å². The predicted octanol–water partition coefficient (Wildman–Crippen LogP) is 2.62. The molecule has 1 aliphatic rings. The lowest BCUT2D eigenvalue weighted by Gasteiger charge is -2.28. The van der Waals surface area contributed by atoms with Crippen molar-refractivity contribution in [3.63, 3.8) is 0 Å². The third-order valence-electron chi connectivity index (χ3n) is 4.11. The molecule has 1 aromatic rings. The highest BCUT2D eigenvalue weighted by Gasteiger charge is 2.31. The molecule has 1 heterocycles. The summed E-state index contributed by atoms with van der Waals surface area (Å²) in [5, 5.41) is 0. The van der Waals surface area contributed by atoms with Crippen LogP contribution in [-0.2, 0) is 10.0 Å². The smallest absolute Gasteiger partial charge is 0.243 e. The van der Waals surface area contributed by atoms with Gasteiger partial charge in [-0.2, -0.15) is 4.31 Å². The summed E-state index contributed by atoms with van der Waals surface area (Å²) in [4.78, 5) is 0.258. The number of nitrogen functional groups attached to an aromatic ring is 1. The summed E-state index contributed by atoms with van der Waals surface area (Å²) in [5.74, 6) is 0.402. The summed E-state index contributed by atoms with van der Waals surface area (Å²) < 4.78 is 32.6. The molecule has 0 bridgehead atoms. The van der Waals surface area contributed by atoms with Gasteiger partial charge in [-0.1, -0.05) is 19.8 Å². The molecule has 6 heteroatoms. The first-order chi connectivity index (χ1) is 10.0. The summed E-state index contributed by atoms with van der Waals surface area (Å²) in [6.45, 7) is 2.63. The van der Waals surface area contributed by atoms with E-state index in [0.717, 1.165) is 32.1 Å². The first-order valence-corrected chi connectivity index (χ1v) is 8.90. The van der Waals surface area contributed by atoms with Gasteiger partial charge in [-0.3, -0.25) is 0 Å². The minimum Gasteiger partial charge on any atom is -0.495 e. The van der Waals surface area contributed by atoms with Crippen molar-refractivity contribution in [2.75, 3.05) is 19.4 Å². The lowest BCUT2D eigenvalue weighted by molar-refractivity contribution is 0.315. The van der Waals surface area contributed by atoms with Crippen LogP contribution in [0.4, 0.5) is 5.69 Å². The predicted molar refractivity (Wildman–Crippen MR) is 83.8 cm³/mol. The third-order valence-corrected chi connectivity index (χ3v) is 6.05. The Balaban J connectivity index is 2.39. The molecule has 1 aromatic carbocycles. The molecule has 1 fully saturated rings. The minimum atomic E-state index is -3.50.